The molecule has 1 aliphatic rings. The lowest BCUT2D eigenvalue weighted by molar-refractivity contribution is 0.414. The standard InChI is InChI=1S/C15H21N3S/c1-2-11-3-4-13-14(9-11)19-15(17-13)18-7-5-12(10-16)6-8-18/h3-4,9,12H,2,5-8,10,16H2,1H3. The van der Waals surface area contributed by atoms with E-state index in [4.69, 9.17) is 10.7 Å². The lowest BCUT2D eigenvalue weighted by Crippen LogP contribution is -2.35. The van der Waals surface area contributed by atoms with Crippen LogP contribution in [-0.2, 0) is 6.42 Å². The third-order valence-electron chi connectivity index (χ3n) is 4.07. The summed E-state index contributed by atoms with van der Waals surface area (Å²) in [7, 11) is 0. The maximum atomic E-state index is 5.75. The van der Waals surface area contributed by atoms with Crippen molar-refractivity contribution in [1.29, 1.82) is 0 Å². The molecule has 1 aromatic heterocycles. The Labute approximate surface area is 118 Å². The summed E-state index contributed by atoms with van der Waals surface area (Å²) in [5.41, 5.74) is 8.28. The minimum absolute atomic E-state index is 0.706. The molecule has 0 saturated carbocycles. The Bertz CT molecular complexity index is 556. The minimum atomic E-state index is 0.706. The topological polar surface area (TPSA) is 42.2 Å². The van der Waals surface area contributed by atoms with E-state index in [-0.39, 0.29) is 0 Å². The maximum Gasteiger partial charge on any atom is 0.186 e. The first-order valence-corrected chi connectivity index (χ1v) is 7.96. The van der Waals surface area contributed by atoms with Gasteiger partial charge in [-0.05, 0) is 49.4 Å². The number of anilines is 1. The summed E-state index contributed by atoms with van der Waals surface area (Å²) in [4.78, 5) is 7.19. The molecule has 1 aromatic carbocycles. The average molecular weight is 275 g/mol. The van der Waals surface area contributed by atoms with Crippen LogP contribution in [0, 0.1) is 5.92 Å². The lowest BCUT2D eigenvalue weighted by atomic mass is 9.98. The third-order valence-corrected chi connectivity index (χ3v) is 5.15. The number of hydrogen-bond donors (Lipinski definition) is 1. The molecule has 0 unspecified atom stereocenters. The van der Waals surface area contributed by atoms with E-state index in [1.165, 1.54) is 28.2 Å². The van der Waals surface area contributed by atoms with Gasteiger partial charge in [0.2, 0.25) is 0 Å². The molecule has 0 radical (unpaired) electrons. The Morgan fingerprint density at radius 2 is 2.16 bits per heavy atom. The van der Waals surface area contributed by atoms with Crippen LogP contribution in [0.3, 0.4) is 0 Å². The highest BCUT2D eigenvalue weighted by molar-refractivity contribution is 7.22. The van der Waals surface area contributed by atoms with Crippen molar-refractivity contribution in [3.8, 4) is 0 Å². The Kier molecular flexibility index (Phi) is 3.71. The largest absolute Gasteiger partial charge is 0.348 e. The summed E-state index contributed by atoms with van der Waals surface area (Å²) >= 11 is 1.83. The van der Waals surface area contributed by atoms with Gasteiger partial charge < -0.3 is 10.6 Å². The molecule has 3 rings (SSSR count). The highest BCUT2D eigenvalue weighted by atomic mass is 32.1. The highest BCUT2D eigenvalue weighted by Crippen LogP contribution is 2.31. The second-order valence-electron chi connectivity index (χ2n) is 5.32. The van der Waals surface area contributed by atoms with Crippen LogP contribution in [-0.4, -0.2) is 24.6 Å². The fraction of sp³-hybridized carbons (Fsp3) is 0.533. The Morgan fingerprint density at radius 1 is 1.37 bits per heavy atom. The zero-order chi connectivity index (χ0) is 13.2. The van der Waals surface area contributed by atoms with E-state index in [0.717, 1.165) is 31.6 Å². The molecule has 0 bridgehead atoms. The molecule has 0 atom stereocenters. The molecule has 0 amide bonds. The van der Waals surface area contributed by atoms with Gasteiger partial charge in [-0.25, -0.2) is 4.98 Å². The number of piperidine rings is 1. The van der Waals surface area contributed by atoms with E-state index in [1.54, 1.807) is 0 Å². The van der Waals surface area contributed by atoms with Crippen LogP contribution in [0.25, 0.3) is 10.2 Å². The fourth-order valence-corrected chi connectivity index (χ4v) is 3.75. The van der Waals surface area contributed by atoms with Gasteiger partial charge in [-0.1, -0.05) is 24.3 Å². The molecule has 2 N–H and O–H groups in total. The van der Waals surface area contributed by atoms with E-state index < -0.39 is 0 Å². The molecular weight excluding hydrogens is 254 g/mol. The third kappa shape index (κ3) is 2.60. The molecule has 0 aliphatic carbocycles. The van der Waals surface area contributed by atoms with E-state index >= 15 is 0 Å². The molecule has 2 aromatic rings. The number of rotatable bonds is 3. The van der Waals surface area contributed by atoms with Crippen molar-refractivity contribution in [2.45, 2.75) is 26.2 Å². The van der Waals surface area contributed by atoms with Gasteiger partial charge in [0, 0.05) is 13.1 Å². The minimum Gasteiger partial charge on any atom is -0.348 e. The SMILES string of the molecule is CCc1ccc2nc(N3CCC(CN)CC3)sc2c1. The molecular formula is C15H21N3S. The first-order chi connectivity index (χ1) is 9.30. The monoisotopic (exact) mass is 275 g/mol. The molecule has 1 aliphatic heterocycles. The zero-order valence-electron chi connectivity index (χ0n) is 11.4. The molecule has 1 fully saturated rings. The van der Waals surface area contributed by atoms with Gasteiger partial charge in [-0.2, -0.15) is 0 Å². The molecule has 3 nitrogen and oxygen atoms in total. The van der Waals surface area contributed by atoms with Crippen molar-refractivity contribution in [2.24, 2.45) is 11.7 Å². The molecule has 2 heterocycles. The number of aromatic nitrogens is 1. The number of aryl methyl sites for hydroxylation is 1. The first-order valence-electron chi connectivity index (χ1n) is 7.14. The number of nitrogens with two attached hydrogens (primary N) is 1. The van der Waals surface area contributed by atoms with Crippen LogP contribution in [0.4, 0.5) is 5.13 Å². The van der Waals surface area contributed by atoms with Crippen molar-refractivity contribution in [3.63, 3.8) is 0 Å². The van der Waals surface area contributed by atoms with E-state index in [0.29, 0.717) is 5.92 Å². The predicted octanol–water partition coefficient (Wildman–Crippen LogP) is 3.03. The van der Waals surface area contributed by atoms with Gasteiger partial charge in [0.25, 0.3) is 0 Å². The van der Waals surface area contributed by atoms with Crippen molar-refractivity contribution >= 4 is 26.7 Å². The molecule has 0 spiro atoms. The van der Waals surface area contributed by atoms with E-state index in [9.17, 15) is 0 Å². The molecule has 102 valence electrons. The quantitative estimate of drug-likeness (QED) is 0.936. The van der Waals surface area contributed by atoms with Crippen LogP contribution in [0.5, 0.6) is 0 Å². The zero-order valence-corrected chi connectivity index (χ0v) is 12.2. The van der Waals surface area contributed by atoms with Crippen LogP contribution < -0.4 is 10.6 Å². The number of hydrogen-bond acceptors (Lipinski definition) is 4. The normalized spacial score (nSPS) is 17.3. The second kappa shape index (κ2) is 5.47. The van der Waals surface area contributed by atoms with Crippen molar-refractivity contribution in [1.82, 2.24) is 4.98 Å². The van der Waals surface area contributed by atoms with Gasteiger partial charge in [0.1, 0.15) is 0 Å². The van der Waals surface area contributed by atoms with Crippen LogP contribution in [0.2, 0.25) is 0 Å². The summed E-state index contributed by atoms with van der Waals surface area (Å²) in [5.74, 6) is 0.706. The maximum absolute atomic E-state index is 5.75. The van der Waals surface area contributed by atoms with E-state index in [2.05, 4.69) is 30.0 Å². The summed E-state index contributed by atoms with van der Waals surface area (Å²) in [5, 5.41) is 1.18. The van der Waals surface area contributed by atoms with E-state index in [1.807, 2.05) is 11.3 Å². The number of nitrogens with zero attached hydrogens (tertiary/aromatic N) is 2. The highest BCUT2D eigenvalue weighted by Gasteiger charge is 2.20. The van der Waals surface area contributed by atoms with Gasteiger partial charge in [0.05, 0.1) is 10.2 Å². The van der Waals surface area contributed by atoms with Gasteiger partial charge in [-0.3, -0.25) is 0 Å². The van der Waals surface area contributed by atoms with Gasteiger partial charge in [-0.15, -0.1) is 0 Å². The summed E-state index contributed by atoms with van der Waals surface area (Å²) in [6.45, 7) is 5.22. The smallest absolute Gasteiger partial charge is 0.186 e. The summed E-state index contributed by atoms with van der Waals surface area (Å²) in [6, 6.07) is 6.62. The Hall–Kier alpha value is -1.13. The summed E-state index contributed by atoms with van der Waals surface area (Å²) < 4.78 is 1.32. The average Bonchev–Trinajstić information content (AvgIpc) is 2.90. The molecule has 4 heteroatoms. The summed E-state index contributed by atoms with van der Waals surface area (Å²) in [6.07, 6.45) is 3.49. The molecule has 19 heavy (non-hydrogen) atoms. The predicted molar refractivity (Wildman–Crippen MR) is 83.0 cm³/mol. The van der Waals surface area contributed by atoms with Crippen molar-refractivity contribution in [2.75, 3.05) is 24.5 Å². The van der Waals surface area contributed by atoms with Crippen LogP contribution >= 0.6 is 11.3 Å². The Morgan fingerprint density at radius 3 is 2.84 bits per heavy atom. The number of thiazole rings is 1. The fourth-order valence-electron chi connectivity index (χ4n) is 2.67. The van der Waals surface area contributed by atoms with Crippen LogP contribution in [0.15, 0.2) is 18.2 Å². The van der Waals surface area contributed by atoms with Crippen molar-refractivity contribution < 1.29 is 0 Å². The van der Waals surface area contributed by atoms with Crippen molar-refractivity contribution in [3.05, 3.63) is 23.8 Å². The number of benzene rings is 1. The second-order valence-corrected chi connectivity index (χ2v) is 6.33. The van der Waals surface area contributed by atoms with Crippen LogP contribution in [0.1, 0.15) is 25.3 Å². The van der Waals surface area contributed by atoms with Gasteiger partial charge >= 0.3 is 0 Å². The molecule has 1 saturated heterocycles. The number of fused-ring (bicyclic) bond motifs is 1. The van der Waals surface area contributed by atoms with Gasteiger partial charge in [0.15, 0.2) is 5.13 Å². The Balaban J connectivity index is 1.81. The lowest BCUT2D eigenvalue weighted by Gasteiger charge is -2.30. The first kappa shape index (κ1) is 12.9.